The Morgan fingerprint density at radius 1 is 1.32 bits per heavy atom. The van der Waals surface area contributed by atoms with E-state index in [1.54, 1.807) is 0 Å². The van der Waals surface area contributed by atoms with Gasteiger partial charge >= 0.3 is 0 Å². The van der Waals surface area contributed by atoms with Crippen molar-refractivity contribution in [2.24, 2.45) is 5.92 Å². The molecule has 19 heavy (non-hydrogen) atoms. The van der Waals surface area contributed by atoms with Crippen molar-refractivity contribution in [2.45, 2.75) is 39.0 Å². The van der Waals surface area contributed by atoms with Crippen molar-refractivity contribution in [2.75, 3.05) is 23.4 Å². The molecule has 5 heteroatoms. The lowest BCUT2D eigenvalue weighted by molar-refractivity contribution is 0.513. The molecule has 106 valence electrons. The van der Waals surface area contributed by atoms with Crippen LogP contribution in [0.15, 0.2) is 10.7 Å². The fraction of sp³-hybridized carbons (Fsp3) is 0.714. The quantitative estimate of drug-likeness (QED) is 0.838. The number of halogens is 1. The number of aromatic nitrogens is 2. The highest BCUT2D eigenvalue weighted by atomic mass is 79.9. The van der Waals surface area contributed by atoms with Gasteiger partial charge in [-0.25, -0.2) is 9.97 Å². The zero-order valence-electron chi connectivity index (χ0n) is 11.9. The molecule has 0 unspecified atom stereocenters. The van der Waals surface area contributed by atoms with E-state index in [1.807, 2.05) is 6.07 Å². The molecule has 1 aromatic heterocycles. The number of nitrogens with zero attached hydrogens (tertiary/aromatic N) is 2. The zero-order valence-corrected chi connectivity index (χ0v) is 14.3. The fourth-order valence-corrected chi connectivity index (χ4v) is 3.63. The van der Waals surface area contributed by atoms with E-state index >= 15 is 0 Å². The Kier molecular flexibility index (Phi) is 5.12. The third-order valence-electron chi connectivity index (χ3n) is 3.28. The predicted octanol–water partition coefficient (Wildman–Crippen LogP) is 4.09. The Balaban J connectivity index is 2.01. The summed E-state index contributed by atoms with van der Waals surface area (Å²) in [4.78, 5) is 9.09. The topological polar surface area (TPSA) is 37.8 Å². The second-order valence-electron chi connectivity index (χ2n) is 6.09. The standard InChI is InChI=1S/C14H22BrN3S/c1-14(2,3)13-17-11(15)8-12(18-13)16-9-10-4-6-19-7-5-10/h8,10H,4-7,9H2,1-3H3,(H,16,17,18). The molecule has 1 aliphatic heterocycles. The Morgan fingerprint density at radius 2 is 2.00 bits per heavy atom. The maximum Gasteiger partial charge on any atom is 0.137 e. The average Bonchev–Trinajstić information content (AvgIpc) is 2.36. The van der Waals surface area contributed by atoms with Gasteiger partial charge in [-0.05, 0) is 46.2 Å². The van der Waals surface area contributed by atoms with E-state index in [0.717, 1.165) is 28.7 Å². The highest BCUT2D eigenvalue weighted by Crippen LogP contribution is 2.25. The second-order valence-corrected chi connectivity index (χ2v) is 8.12. The molecule has 3 nitrogen and oxygen atoms in total. The van der Waals surface area contributed by atoms with E-state index in [-0.39, 0.29) is 5.41 Å². The molecule has 0 saturated carbocycles. The summed E-state index contributed by atoms with van der Waals surface area (Å²) in [6, 6.07) is 1.97. The first-order valence-corrected chi connectivity index (χ1v) is 8.76. The van der Waals surface area contributed by atoms with Gasteiger partial charge in [-0.1, -0.05) is 20.8 Å². The van der Waals surface area contributed by atoms with Gasteiger partial charge in [0.05, 0.1) is 0 Å². The molecule has 2 heterocycles. The van der Waals surface area contributed by atoms with Crippen molar-refractivity contribution >= 4 is 33.5 Å². The van der Waals surface area contributed by atoms with Crippen molar-refractivity contribution in [1.82, 2.24) is 9.97 Å². The lowest BCUT2D eigenvalue weighted by atomic mass is 9.96. The van der Waals surface area contributed by atoms with Gasteiger partial charge < -0.3 is 5.32 Å². The molecule has 1 aromatic rings. The fourth-order valence-electron chi connectivity index (χ4n) is 2.04. The van der Waals surface area contributed by atoms with Crippen molar-refractivity contribution in [1.29, 1.82) is 0 Å². The first kappa shape index (κ1) is 15.1. The molecule has 0 radical (unpaired) electrons. The summed E-state index contributed by atoms with van der Waals surface area (Å²) in [6.45, 7) is 7.43. The minimum atomic E-state index is -0.0261. The van der Waals surface area contributed by atoms with Crippen LogP contribution in [0.5, 0.6) is 0 Å². The van der Waals surface area contributed by atoms with Gasteiger partial charge in [-0.15, -0.1) is 0 Å². The van der Waals surface area contributed by atoms with E-state index in [2.05, 4.69) is 63.7 Å². The van der Waals surface area contributed by atoms with Crippen LogP contribution >= 0.6 is 27.7 Å². The minimum absolute atomic E-state index is 0.0261. The Bertz CT molecular complexity index is 425. The monoisotopic (exact) mass is 343 g/mol. The van der Waals surface area contributed by atoms with Gasteiger partial charge in [0.15, 0.2) is 0 Å². The first-order valence-electron chi connectivity index (χ1n) is 6.82. The number of thioether (sulfide) groups is 1. The van der Waals surface area contributed by atoms with Gasteiger partial charge in [0.25, 0.3) is 0 Å². The molecule has 0 atom stereocenters. The van der Waals surface area contributed by atoms with Crippen LogP contribution in [0.25, 0.3) is 0 Å². The van der Waals surface area contributed by atoms with Gasteiger partial charge in [-0.2, -0.15) is 11.8 Å². The van der Waals surface area contributed by atoms with Crippen LogP contribution in [0.1, 0.15) is 39.4 Å². The third-order valence-corrected chi connectivity index (χ3v) is 4.73. The second kappa shape index (κ2) is 6.44. The summed E-state index contributed by atoms with van der Waals surface area (Å²) < 4.78 is 0.856. The summed E-state index contributed by atoms with van der Waals surface area (Å²) in [5.74, 6) is 5.20. The van der Waals surface area contributed by atoms with Crippen LogP contribution in [-0.2, 0) is 5.41 Å². The van der Waals surface area contributed by atoms with E-state index < -0.39 is 0 Å². The van der Waals surface area contributed by atoms with Crippen LogP contribution in [0, 0.1) is 5.92 Å². The van der Waals surface area contributed by atoms with Crippen molar-refractivity contribution < 1.29 is 0 Å². The van der Waals surface area contributed by atoms with Crippen LogP contribution in [-0.4, -0.2) is 28.0 Å². The Labute approximate surface area is 128 Å². The van der Waals surface area contributed by atoms with Gasteiger partial charge in [0, 0.05) is 18.0 Å². The van der Waals surface area contributed by atoms with E-state index in [4.69, 9.17) is 0 Å². The summed E-state index contributed by atoms with van der Waals surface area (Å²) >= 11 is 5.54. The van der Waals surface area contributed by atoms with Crippen LogP contribution in [0.3, 0.4) is 0 Å². The minimum Gasteiger partial charge on any atom is -0.370 e. The lowest BCUT2D eigenvalue weighted by Crippen LogP contribution is -2.21. The normalized spacial score (nSPS) is 17.5. The van der Waals surface area contributed by atoms with Crippen molar-refractivity contribution in [3.63, 3.8) is 0 Å². The first-order chi connectivity index (χ1) is 8.95. The van der Waals surface area contributed by atoms with Gasteiger partial charge in [-0.3, -0.25) is 0 Å². The molecule has 0 amide bonds. The van der Waals surface area contributed by atoms with E-state index in [1.165, 1.54) is 24.3 Å². The maximum absolute atomic E-state index is 4.63. The Morgan fingerprint density at radius 3 is 2.63 bits per heavy atom. The molecule has 0 aliphatic carbocycles. The molecular weight excluding hydrogens is 322 g/mol. The number of nitrogens with one attached hydrogen (secondary N) is 1. The summed E-state index contributed by atoms with van der Waals surface area (Å²) in [7, 11) is 0. The molecule has 1 N–H and O–H groups in total. The predicted molar refractivity (Wildman–Crippen MR) is 87.0 cm³/mol. The van der Waals surface area contributed by atoms with Crippen molar-refractivity contribution in [3.8, 4) is 0 Å². The number of hydrogen-bond acceptors (Lipinski definition) is 4. The molecule has 1 aliphatic rings. The maximum atomic E-state index is 4.63. The molecule has 1 saturated heterocycles. The van der Waals surface area contributed by atoms with E-state index in [9.17, 15) is 0 Å². The molecule has 1 fully saturated rings. The Hall–Kier alpha value is -0.290. The molecule has 2 rings (SSSR count). The number of hydrogen-bond donors (Lipinski definition) is 1. The van der Waals surface area contributed by atoms with Crippen LogP contribution in [0.2, 0.25) is 0 Å². The third kappa shape index (κ3) is 4.63. The van der Waals surface area contributed by atoms with E-state index in [0.29, 0.717) is 0 Å². The molecule has 0 aromatic carbocycles. The molecule has 0 spiro atoms. The number of anilines is 1. The van der Waals surface area contributed by atoms with Gasteiger partial charge in [0.1, 0.15) is 16.2 Å². The lowest BCUT2D eigenvalue weighted by Gasteiger charge is -2.22. The molecule has 0 bridgehead atoms. The van der Waals surface area contributed by atoms with Crippen LogP contribution < -0.4 is 5.32 Å². The molecular formula is C14H22BrN3S. The summed E-state index contributed by atoms with van der Waals surface area (Å²) in [5, 5.41) is 3.48. The van der Waals surface area contributed by atoms with Gasteiger partial charge in [0.2, 0.25) is 0 Å². The SMILES string of the molecule is CC(C)(C)c1nc(Br)cc(NCC2CCSCC2)n1. The largest absolute Gasteiger partial charge is 0.370 e. The smallest absolute Gasteiger partial charge is 0.137 e. The highest BCUT2D eigenvalue weighted by molar-refractivity contribution is 9.10. The average molecular weight is 344 g/mol. The zero-order chi connectivity index (χ0) is 13.9. The number of rotatable bonds is 3. The van der Waals surface area contributed by atoms with Crippen LogP contribution in [0.4, 0.5) is 5.82 Å². The van der Waals surface area contributed by atoms with Crippen molar-refractivity contribution in [3.05, 3.63) is 16.5 Å². The summed E-state index contributed by atoms with van der Waals surface area (Å²) in [5.41, 5.74) is -0.0261. The highest BCUT2D eigenvalue weighted by Gasteiger charge is 2.19. The summed E-state index contributed by atoms with van der Waals surface area (Å²) in [6.07, 6.45) is 2.63.